The van der Waals surface area contributed by atoms with Crippen LogP contribution in [-0.4, -0.2) is 94.4 Å². The summed E-state index contributed by atoms with van der Waals surface area (Å²) in [5.41, 5.74) is 4.55. The highest BCUT2D eigenvalue weighted by Gasteiger charge is 2.79. The highest BCUT2D eigenvalue weighted by molar-refractivity contribution is 7.51. The second-order valence-electron chi connectivity index (χ2n) is 10.2. The minimum absolute atomic E-state index is 0.00661. The summed E-state index contributed by atoms with van der Waals surface area (Å²) >= 11 is 0. The number of methoxy groups -OCH3 is 1. The van der Waals surface area contributed by atoms with Crippen LogP contribution in [0, 0.1) is 11.3 Å². The van der Waals surface area contributed by atoms with Gasteiger partial charge in [0.05, 0.1) is 32.1 Å². The van der Waals surface area contributed by atoms with Crippen molar-refractivity contribution in [3.05, 3.63) is 6.33 Å². The number of anilines is 1. The van der Waals surface area contributed by atoms with Gasteiger partial charge in [-0.1, -0.05) is 13.8 Å². The summed E-state index contributed by atoms with van der Waals surface area (Å²) in [5.74, 6) is -1.25. The van der Waals surface area contributed by atoms with Gasteiger partial charge in [-0.2, -0.15) is 9.97 Å². The number of imidazole rings is 1. The molecule has 8 atom stereocenters. The van der Waals surface area contributed by atoms with Gasteiger partial charge in [0.15, 0.2) is 17.4 Å². The van der Waals surface area contributed by atoms with E-state index in [1.807, 2.05) is 0 Å². The maximum Gasteiger partial charge on any atom is 0.510 e. The molecule has 0 amide bonds. The summed E-state index contributed by atoms with van der Waals surface area (Å²) in [7, 11) is -3.47. The Labute approximate surface area is 246 Å². The van der Waals surface area contributed by atoms with E-state index in [2.05, 4.69) is 20.0 Å². The molecule has 0 aromatic carbocycles. The third-order valence-corrected chi connectivity index (χ3v) is 8.68. The first-order valence-corrected chi connectivity index (χ1v) is 15.1. The van der Waals surface area contributed by atoms with Crippen LogP contribution in [0.1, 0.15) is 40.8 Å². The molecule has 0 bridgehead atoms. The Morgan fingerprint density at radius 2 is 2.00 bits per heavy atom. The van der Waals surface area contributed by atoms with E-state index in [-0.39, 0.29) is 36.2 Å². The second-order valence-corrected chi connectivity index (χ2v) is 11.8. The molecular weight excluding hydrogens is 598 g/mol. The Morgan fingerprint density at radius 1 is 1.28 bits per heavy atom. The summed E-state index contributed by atoms with van der Waals surface area (Å²) < 4.78 is 67.2. The van der Waals surface area contributed by atoms with Crippen molar-refractivity contribution in [2.24, 2.45) is 11.3 Å². The minimum Gasteiger partial charge on any atom is -0.476 e. The number of nitrogens with one attached hydrogen (secondary N) is 1. The summed E-state index contributed by atoms with van der Waals surface area (Å²) in [6, 6.07) is -1.20. The van der Waals surface area contributed by atoms with E-state index >= 15 is 0 Å². The number of aliphatic hydroxyl groups is 1. The summed E-state index contributed by atoms with van der Waals surface area (Å²) in [6.07, 6.45) is -6.46. The summed E-state index contributed by atoms with van der Waals surface area (Å²) in [6.45, 7) is 6.98. The number of hydrogen-bond acceptors (Lipinski definition) is 15. The standard InChI is InChI=1S/C24H36FN6O11P/c1-7-37-19-14-18(28-22(26)29-19)31(10-27-14)20-15(32)24(9-25)16(40-20)17(24)42-43(35,30-13(11(3)4)21(33)36-6)41-12(5)39-23(34)38-8-2/h10-13,15-17,20,32H,7-9H2,1-6H3,(H,30,35)(H2,26,28,29)/t12?,13-,15-,16+,17?,20+,24+,43?/m0/s1. The Morgan fingerprint density at radius 3 is 2.58 bits per heavy atom. The van der Waals surface area contributed by atoms with Gasteiger partial charge >= 0.3 is 19.9 Å². The van der Waals surface area contributed by atoms with Gasteiger partial charge in [-0.15, -0.1) is 0 Å². The molecule has 2 aliphatic rings. The molecule has 0 radical (unpaired) electrons. The van der Waals surface area contributed by atoms with Gasteiger partial charge < -0.3 is 34.5 Å². The third kappa shape index (κ3) is 6.25. The van der Waals surface area contributed by atoms with E-state index < -0.39 is 74.8 Å². The molecule has 3 unspecified atom stereocenters. The normalized spacial score (nSPS) is 27.3. The molecular formula is C24H36FN6O11P. The van der Waals surface area contributed by atoms with E-state index in [1.54, 1.807) is 27.7 Å². The monoisotopic (exact) mass is 634 g/mol. The number of alkyl halides is 1. The number of aliphatic hydroxyl groups excluding tert-OH is 1. The van der Waals surface area contributed by atoms with E-state index in [0.29, 0.717) is 0 Å². The Bertz CT molecular complexity index is 1380. The number of aromatic nitrogens is 4. The fraction of sp³-hybridized carbons (Fsp3) is 0.708. The lowest BCUT2D eigenvalue weighted by Crippen LogP contribution is -2.42. The largest absolute Gasteiger partial charge is 0.510 e. The number of rotatable bonds is 14. The molecule has 4 N–H and O–H groups in total. The van der Waals surface area contributed by atoms with Crippen LogP contribution >= 0.6 is 7.75 Å². The minimum atomic E-state index is -4.61. The molecule has 19 heteroatoms. The number of nitrogens with two attached hydrogens (primary N) is 1. The molecule has 4 rings (SSSR count). The molecule has 240 valence electrons. The van der Waals surface area contributed by atoms with Crippen molar-refractivity contribution in [2.75, 3.05) is 32.7 Å². The molecule has 3 heterocycles. The van der Waals surface area contributed by atoms with Crippen LogP contribution in [0.5, 0.6) is 5.88 Å². The molecule has 0 spiro atoms. The number of esters is 1. The van der Waals surface area contributed by atoms with Crippen LogP contribution in [0.4, 0.5) is 15.1 Å². The van der Waals surface area contributed by atoms with Crippen LogP contribution in [0.25, 0.3) is 11.2 Å². The van der Waals surface area contributed by atoms with Crippen molar-refractivity contribution in [3.8, 4) is 5.88 Å². The molecule has 43 heavy (non-hydrogen) atoms. The van der Waals surface area contributed by atoms with Gasteiger partial charge in [0, 0.05) is 0 Å². The van der Waals surface area contributed by atoms with E-state index in [9.17, 15) is 23.7 Å². The maximum atomic E-state index is 14.7. The smallest absolute Gasteiger partial charge is 0.476 e. The quantitative estimate of drug-likeness (QED) is 0.153. The zero-order chi connectivity index (χ0) is 31.7. The van der Waals surface area contributed by atoms with Crippen LogP contribution in [-0.2, 0) is 37.4 Å². The molecule has 2 aromatic rings. The van der Waals surface area contributed by atoms with Crippen molar-refractivity contribution in [3.63, 3.8) is 0 Å². The Kier molecular flexibility index (Phi) is 9.78. The lowest BCUT2D eigenvalue weighted by molar-refractivity contribution is -0.144. The number of nitrogen functional groups attached to an aromatic ring is 1. The van der Waals surface area contributed by atoms with Gasteiger partial charge in [0.2, 0.25) is 18.1 Å². The number of ether oxygens (including phenoxy) is 5. The van der Waals surface area contributed by atoms with E-state index in [1.165, 1.54) is 17.8 Å². The maximum absolute atomic E-state index is 14.7. The lowest BCUT2D eigenvalue weighted by Gasteiger charge is -2.30. The summed E-state index contributed by atoms with van der Waals surface area (Å²) in [5, 5.41) is 13.8. The van der Waals surface area contributed by atoms with Crippen molar-refractivity contribution < 1.29 is 56.4 Å². The molecule has 1 aliphatic heterocycles. The van der Waals surface area contributed by atoms with E-state index in [4.69, 9.17) is 38.5 Å². The lowest BCUT2D eigenvalue weighted by atomic mass is 10.0. The van der Waals surface area contributed by atoms with Crippen LogP contribution < -0.4 is 15.6 Å². The fourth-order valence-electron chi connectivity index (χ4n) is 4.86. The fourth-order valence-corrected chi connectivity index (χ4v) is 6.81. The second kappa shape index (κ2) is 12.8. The van der Waals surface area contributed by atoms with Gasteiger partial charge in [-0.05, 0) is 26.7 Å². The van der Waals surface area contributed by atoms with Gasteiger partial charge in [-0.25, -0.2) is 19.4 Å². The first-order valence-electron chi connectivity index (χ1n) is 13.5. The zero-order valence-electron chi connectivity index (χ0n) is 24.5. The molecule has 1 saturated heterocycles. The molecule has 17 nitrogen and oxygen atoms in total. The zero-order valence-corrected chi connectivity index (χ0v) is 25.4. The third-order valence-electron chi connectivity index (χ3n) is 7.01. The van der Waals surface area contributed by atoms with Gasteiger partial charge in [0.25, 0.3) is 0 Å². The molecule has 2 fully saturated rings. The average molecular weight is 635 g/mol. The summed E-state index contributed by atoms with van der Waals surface area (Å²) in [4.78, 5) is 36.7. The number of nitrogens with zero attached hydrogens (tertiary/aromatic N) is 4. The number of fused-ring (bicyclic) bond motifs is 2. The van der Waals surface area contributed by atoms with Crippen LogP contribution in [0.15, 0.2) is 6.33 Å². The average Bonchev–Trinajstić information content (AvgIpc) is 3.17. The Hall–Kier alpha value is -3.15. The van der Waals surface area contributed by atoms with Crippen molar-refractivity contribution >= 4 is 37.0 Å². The highest BCUT2D eigenvalue weighted by Crippen LogP contribution is 2.67. The highest BCUT2D eigenvalue weighted by atomic mass is 31.2. The van der Waals surface area contributed by atoms with Crippen molar-refractivity contribution in [2.45, 2.75) is 71.5 Å². The van der Waals surface area contributed by atoms with Crippen LogP contribution in [0.2, 0.25) is 0 Å². The SMILES string of the molecule is CCOC(=O)OC(C)OP(=O)(N[C@H](C(=O)OC)C(C)C)OC1[C@H]2O[C@@H](n3cnc4c(OCC)nc(N)nc43)[C@H](O)[C@@]12CF. The molecule has 2 aromatic heterocycles. The molecule has 1 saturated carbocycles. The van der Waals surface area contributed by atoms with Gasteiger partial charge in [0.1, 0.15) is 31.0 Å². The number of carbonyl (C=O) groups is 2. The van der Waals surface area contributed by atoms with Gasteiger partial charge in [-0.3, -0.25) is 22.8 Å². The predicted octanol–water partition coefficient (Wildman–Crippen LogP) is 1.85. The van der Waals surface area contributed by atoms with Crippen LogP contribution in [0.3, 0.4) is 0 Å². The molecule has 1 aliphatic carbocycles. The first-order chi connectivity index (χ1) is 20.3. The van der Waals surface area contributed by atoms with E-state index in [0.717, 1.165) is 7.11 Å². The first kappa shape index (κ1) is 32.8. The number of carbonyl (C=O) groups excluding carboxylic acids is 2. The topological polar surface area (TPSA) is 218 Å². The number of halogens is 1. The predicted molar refractivity (Wildman–Crippen MR) is 144 cm³/mol. The number of hydrogen-bond donors (Lipinski definition) is 3. The Balaban J connectivity index is 1.60. The van der Waals surface area contributed by atoms with Crippen molar-refractivity contribution in [1.29, 1.82) is 0 Å². The van der Waals surface area contributed by atoms with Crippen molar-refractivity contribution in [1.82, 2.24) is 24.6 Å².